The molecule has 120 valence electrons. The first-order chi connectivity index (χ1) is 10.0. The lowest BCUT2D eigenvalue weighted by Crippen LogP contribution is -2.58. The summed E-state index contributed by atoms with van der Waals surface area (Å²) in [7, 11) is 0. The lowest BCUT2D eigenvalue weighted by molar-refractivity contribution is -0.148. The van der Waals surface area contributed by atoms with Crippen molar-refractivity contribution in [1.29, 1.82) is 0 Å². The Morgan fingerprint density at radius 2 is 2.10 bits per heavy atom. The van der Waals surface area contributed by atoms with Gasteiger partial charge in [-0.1, -0.05) is 20.3 Å². The number of carbonyl (C=O) groups excluding carboxylic acids is 1. The van der Waals surface area contributed by atoms with Crippen molar-refractivity contribution in [2.24, 2.45) is 0 Å². The SMILES string of the molecule is CCCC1(C(=O)O)CCCN1C(=O)N1CCSC(CC)C1. The Kier molecular flexibility index (Phi) is 5.41. The van der Waals surface area contributed by atoms with Crippen LogP contribution in [0.1, 0.15) is 46.0 Å². The molecule has 0 radical (unpaired) electrons. The molecule has 0 aromatic carbocycles. The number of amides is 2. The largest absolute Gasteiger partial charge is 0.479 e. The minimum atomic E-state index is -0.974. The Labute approximate surface area is 131 Å². The second kappa shape index (κ2) is 6.90. The van der Waals surface area contributed by atoms with Crippen LogP contribution < -0.4 is 0 Å². The maximum atomic E-state index is 12.8. The lowest BCUT2D eigenvalue weighted by atomic mass is 9.91. The van der Waals surface area contributed by atoms with E-state index in [1.807, 2.05) is 23.6 Å². The maximum Gasteiger partial charge on any atom is 0.329 e. The van der Waals surface area contributed by atoms with E-state index >= 15 is 0 Å². The van der Waals surface area contributed by atoms with Crippen molar-refractivity contribution < 1.29 is 14.7 Å². The van der Waals surface area contributed by atoms with E-state index in [2.05, 4.69) is 6.92 Å². The fraction of sp³-hybridized carbons (Fsp3) is 0.867. The molecule has 0 aliphatic carbocycles. The first kappa shape index (κ1) is 16.5. The van der Waals surface area contributed by atoms with Gasteiger partial charge in [-0.3, -0.25) is 0 Å². The quantitative estimate of drug-likeness (QED) is 0.866. The molecule has 5 nitrogen and oxygen atoms in total. The van der Waals surface area contributed by atoms with Crippen molar-refractivity contribution in [3.8, 4) is 0 Å². The molecule has 21 heavy (non-hydrogen) atoms. The number of carboxylic acids is 1. The van der Waals surface area contributed by atoms with Gasteiger partial charge in [0.1, 0.15) is 5.54 Å². The molecule has 2 unspecified atom stereocenters. The third kappa shape index (κ3) is 3.15. The van der Waals surface area contributed by atoms with E-state index in [1.165, 1.54) is 0 Å². The van der Waals surface area contributed by atoms with Crippen molar-refractivity contribution in [3.63, 3.8) is 0 Å². The third-order valence-electron chi connectivity index (χ3n) is 4.65. The number of hydrogen-bond acceptors (Lipinski definition) is 3. The Morgan fingerprint density at radius 3 is 2.71 bits per heavy atom. The number of nitrogens with zero attached hydrogens (tertiary/aromatic N) is 2. The summed E-state index contributed by atoms with van der Waals surface area (Å²) in [6.45, 7) is 6.18. The number of likely N-dealkylation sites (tertiary alicyclic amines) is 1. The van der Waals surface area contributed by atoms with Crippen LogP contribution in [-0.2, 0) is 4.79 Å². The second-order valence-corrected chi connectivity index (χ2v) is 7.38. The van der Waals surface area contributed by atoms with E-state index in [-0.39, 0.29) is 6.03 Å². The minimum absolute atomic E-state index is 0.0675. The van der Waals surface area contributed by atoms with Crippen LogP contribution in [0.5, 0.6) is 0 Å². The Morgan fingerprint density at radius 1 is 1.33 bits per heavy atom. The number of aliphatic carboxylic acids is 1. The van der Waals surface area contributed by atoms with Crippen molar-refractivity contribution in [1.82, 2.24) is 9.80 Å². The molecule has 2 fully saturated rings. The summed E-state index contributed by atoms with van der Waals surface area (Å²) in [5.74, 6) is 0.111. The molecular weight excluding hydrogens is 288 g/mol. The van der Waals surface area contributed by atoms with Crippen molar-refractivity contribution in [2.45, 2.75) is 56.7 Å². The second-order valence-electron chi connectivity index (χ2n) is 5.97. The summed E-state index contributed by atoms with van der Waals surface area (Å²) in [6, 6.07) is -0.0675. The van der Waals surface area contributed by atoms with Gasteiger partial charge in [-0.2, -0.15) is 11.8 Å². The third-order valence-corrected chi connectivity index (χ3v) is 6.02. The molecule has 2 heterocycles. The van der Waals surface area contributed by atoms with Crippen LogP contribution in [0.2, 0.25) is 0 Å². The van der Waals surface area contributed by atoms with Gasteiger partial charge in [-0.15, -0.1) is 0 Å². The van der Waals surface area contributed by atoms with Crippen molar-refractivity contribution >= 4 is 23.8 Å². The zero-order valence-corrected chi connectivity index (χ0v) is 13.8. The van der Waals surface area contributed by atoms with Gasteiger partial charge < -0.3 is 14.9 Å². The fourth-order valence-corrected chi connectivity index (χ4v) is 4.65. The van der Waals surface area contributed by atoms with Crippen LogP contribution >= 0.6 is 11.8 Å². The van der Waals surface area contributed by atoms with E-state index in [4.69, 9.17) is 0 Å². The topological polar surface area (TPSA) is 60.9 Å². The molecule has 0 aromatic heterocycles. The molecular formula is C15H26N2O3S. The average Bonchev–Trinajstić information content (AvgIpc) is 2.92. The molecule has 2 aliphatic heterocycles. The summed E-state index contributed by atoms with van der Waals surface area (Å²) < 4.78 is 0. The van der Waals surface area contributed by atoms with Gasteiger partial charge in [-0.05, 0) is 25.7 Å². The number of rotatable bonds is 4. The summed E-state index contributed by atoms with van der Waals surface area (Å²) in [5, 5.41) is 10.2. The zero-order chi connectivity index (χ0) is 15.5. The monoisotopic (exact) mass is 314 g/mol. The van der Waals surface area contributed by atoms with Gasteiger partial charge in [0.2, 0.25) is 0 Å². The molecule has 0 bridgehead atoms. The number of hydrogen-bond donors (Lipinski definition) is 1. The van der Waals surface area contributed by atoms with Crippen LogP contribution in [0.25, 0.3) is 0 Å². The lowest BCUT2D eigenvalue weighted by Gasteiger charge is -2.40. The van der Waals surface area contributed by atoms with Crippen LogP contribution in [0.15, 0.2) is 0 Å². The highest BCUT2D eigenvalue weighted by molar-refractivity contribution is 8.00. The van der Waals surface area contributed by atoms with Gasteiger partial charge in [0.15, 0.2) is 0 Å². The van der Waals surface area contributed by atoms with Crippen LogP contribution in [0.4, 0.5) is 4.79 Å². The summed E-state index contributed by atoms with van der Waals surface area (Å²) >= 11 is 1.91. The van der Waals surface area contributed by atoms with Gasteiger partial charge in [-0.25, -0.2) is 9.59 Å². The van der Waals surface area contributed by atoms with E-state index in [1.54, 1.807) is 4.90 Å². The number of urea groups is 1. The minimum Gasteiger partial charge on any atom is -0.479 e. The van der Waals surface area contributed by atoms with Crippen molar-refractivity contribution in [3.05, 3.63) is 0 Å². The molecule has 1 N–H and O–H groups in total. The summed E-state index contributed by atoms with van der Waals surface area (Å²) in [5.41, 5.74) is -0.974. The van der Waals surface area contributed by atoms with Crippen LogP contribution in [0, 0.1) is 0 Å². The first-order valence-electron chi connectivity index (χ1n) is 7.96. The Balaban J connectivity index is 2.14. The molecule has 0 spiro atoms. The van der Waals surface area contributed by atoms with E-state index in [0.29, 0.717) is 24.6 Å². The normalized spacial score (nSPS) is 29.7. The molecule has 2 atom stereocenters. The highest BCUT2D eigenvalue weighted by Crippen LogP contribution is 2.35. The van der Waals surface area contributed by atoms with Crippen LogP contribution in [-0.4, -0.2) is 63.1 Å². The molecule has 0 aromatic rings. The predicted octanol–water partition coefficient (Wildman–Crippen LogP) is 2.65. The van der Waals surface area contributed by atoms with E-state index < -0.39 is 11.5 Å². The van der Waals surface area contributed by atoms with Gasteiger partial charge in [0.25, 0.3) is 0 Å². The molecule has 0 saturated carbocycles. The van der Waals surface area contributed by atoms with E-state index in [9.17, 15) is 14.7 Å². The highest BCUT2D eigenvalue weighted by Gasteiger charge is 2.50. The zero-order valence-electron chi connectivity index (χ0n) is 13.0. The molecule has 2 aliphatic rings. The van der Waals surface area contributed by atoms with Gasteiger partial charge in [0.05, 0.1) is 0 Å². The summed E-state index contributed by atoms with van der Waals surface area (Å²) in [6.07, 6.45) is 3.75. The standard InChI is InChI=1S/C15H26N2O3S/c1-3-6-15(13(18)19)7-5-8-17(15)14(20)16-9-10-21-12(4-2)11-16/h12H,3-11H2,1-2H3,(H,18,19). The molecule has 2 amide bonds. The Hall–Kier alpha value is -0.910. The molecule has 2 rings (SSSR count). The van der Waals surface area contributed by atoms with E-state index in [0.717, 1.165) is 38.1 Å². The number of thioether (sulfide) groups is 1. The highest BCUT2D eigenvalue weighted by atomic mass is 32.2. The van der Waals surface area contributed by atoms with Gasteiger partial charge >= 0.3 is 12.0 Å². The van der Waals surface area contributed by atoms with Crippen molar-refractivity contribution in [2.75, 3.05) is 25.4 Å². The average molecular weight is 314 g/mol. The van der Waals surface area contributed by atoms with Crippen LogP contribution in [0.3, 0.4) is 0 Å². The predicted molar refractivity (Wildman–Crippen MR) is 84.7 cm³/mol. The maximum absolute atomic E-state index is 12.8. The van der Waals surface area contributed by atoms with Gasteiger partial charge in [0, 0.05) is 30.6 Å². The first-order valence-corrected chi connectivity index (χ1v) is 9.01. The molecule has 2 saturated heterocycles. The number of carboxylic acid groups (broad SMARTS) is 1. The summed E-state index contributed by atoms with van der Waals surface area (Å²) in [4.78, 5) is 28.2. The number of carbonyl (C=O) groups is 2. The Bertz CT molecular complexity index is 404. The molecule has 6 heteroatoms. The smallest absolute Gasteiger partial charge is 0.329 e. The fourth-order valence-electron chi connectivity index (χ4n) is 3.47.